The molecule has 0 N–H and O–H groups in total. The van der Waals surface area contributed by atoms with Gasteiger partial charge in [-0.25, -0.2) is 0 Å². The Hall–Kier alpha value is -4.16. The van der Waals surface area contributed by atoms with Crippen LogP contribution in [0.4, 0.5) is 0 Å². The van der Waals surface area contributed by atoms with E-state index in [1.807, 2.05) is 0 Å². The first-order valence-electron chi connectivity index (χ1n) is 11.1. The summed E-state index contributed by atoms with van der Waals surface area (Å²) in [6.45, 7) is 0. The quantitative estimate of drug-likeness (QED) is 0.189. The molecule has 7 aromatic carbocycles. The van der Waals surface area contributed by atoms with Crippen molar-refractivity contribution >= 4 is 53.9 Å². The molecule has 0 saturated heterocycles. The van der Waals surface area contributed by atoms with Gasteiger partial charge in [-0.1, -0.05) is 91.0 Å². The van der Waals surface area contributed by atoms with Crippen molar-refractivity contribution in [3.63, 3.8) is 0 Å². The van der Waals surface area contributed by atoms with Crippen LogP contribution in [0.2, 0.25) is 0 Å². The Bertz CT molecular complexity index is 1810. The molecule has 0 bridgehead atoms. The Morgan fingerprint density at radius 3 is 1.47 bits per heavy atom. The highest BCUT2D eigenvalue weighted by atomic mass is 14.1. The van der Waals surface area contributed by atoms with Crippen molar-refractivity contribution in [3.8, 4) is 11.1 Å². The number of rotatable bonds is 1. The molecule has 7 rings (SSSR count). The molecular weight excluding hydrogens is 384 g/mol. The molecule has 0 heteroatoms. The standard InChI is InChI=1S/C32H20/c1-2-6-21(7-3-1)24-10-11-25-20-32-27(18-28(25)17-24)13-15-29-30(32)14-12-26-16-22-8-4-5-9-23(22)19-31(26)29/h1-20H. The molecule has 0 saturated carbocycles. The van der Waals surface area contributed by atoms with E-state index in [1.165, 1.54) is 65.0 Å². The van der Waals surface area contributed by atoms with E-state index in [-0.39, 0.29) is 0 Å². The van der Waals surface area contributed by atoms with Gasteiger partial charge in [0.05, 0.1) is 0 Å². The van der Waals surface area contributed by atoms with Gasteiger partial charge in [0.15, 0.2) is 0 Å². The van der Waals surface area contributed by atoms with Crippen LogP contribution in [-0.2, 0) is 0 Å². The van der Waals surface area contributed by atoms with Gasteiger partial charge >= 0.3 is 0 Å². The first-order chi connectivity index (χ1) is 15.8. The number of fused-ring (bicyclic) bond motifs is 7. The van der Waals surface area contributed by atoms with Crippen LogP contribution in [0.15, 0.2) is 121 Å². The van der Waals surface area contributed by atoms with E-state index in [9.17, 15) is 0 Å². The summed E-state index contributed by atoms with van der Waals surface area (Å²) in [4.78, 5) is 0. The first-order valence-corrected chi connectivity index (χ1v) is 11.1. The molecule has 0 heterocycles. The van der Waals surface area contributed by atoms with E-state index in [0.717, 1.165) is 0 Å². The van der Waals surface area contributed by atoms with Crippen LogP contribution in [-0.4, -0.2) is 0 Å². The number of hydrogen-bond acceptors (Lipinski definition) is 0. The van der Waals surface area contributed by atoms with Crippen LogP contribution >= 0.6 is 0 Å². The summed E-state index contributed by atoms with van der Waals surface area (Å²) in [5, 5.41) is 13.0. The predicted molar refractivity (Wildman–Crippen MR) is 139 cm³/mol. The van der Waals surface area contributed by atoms with Gasteiger partial charge in [0.2, 0.25) is 0 Å². The van der Waals surface area contributed by atoms with Crippen LogP contribution in [0.1, 0.15) is 0 Å². The highest BCUT2D eigenvalue weighted by molar-refractivity contribution is 6.20. The van der Waals surface area contributed by atoms with E-state index in [2.05, 4.69) is 121 Å². The minimum Gasteiger partial charge on any atom is -0.0622 e. The zero-order chi connectivity index (χ0) is 21.1. The molecule has 0 aromatic heterocycles. The van der Waals surface area contributed by atoms with Crippen molar-refractivity contribution < 1.29 is 0 Å². The van der Waals surface area contributed by atoms with Crippen molar-refractivity contribution in [3.05, 3.63) is 121 Å². The van der Waals surface area contributed by atoms with Gasteiger partial charge in [0.25, 0.3) is 0 Å². The lowest BCUT2D eigenvalue weighted by molar-refractivity contribution is 1.65. The number of benzene rings is 7. The fourth-order valence-electron chi connectivity index (χ4n) is 5.12. The number of hydrogen-bond donors (Lipinski definition) is 0. The molecular formula is C32H20. The Kier molecular flexibility index (Phi) is 3.65. The summed E-state index contributed by atoms with van der Waals surface area (Å²) >= 11 is 0. The highest BCUT2D eigenvalue weighted by Gasteiger charge is 2.08. The van der Waals surface area contributed by atoms with Crippen LogP contribution in [0.25, 0.3) is 65.0 Å². The Balaban J connectivity index is 1.50. The maximum atomic E-state index is 2.36. The zero-order valence-electron chi connectivity index (χ0n) is 17.5. The Morgan fingerprint density at radius 2 is 0.781 bits per heavy atom. The van der Waals surface area contributed by atoms with Crippen molar-refractivity contribution in [2.45, 2.75) is 0 Å². The molecule has 0 radical (unpaired) electrons. The molecule has 0 unspecified atom stereocenters. The lowest BCUT2D eigenvalue weighted by Gasteiger charge is -2.11. The second-order valence-electron chi connectivity index (χ2n) is 8.65. The third kappa shape index (κ3) is 2.63. The molecule has 32 heavy (non-hydrogen) atoms. The summed E-state index contributed by atoms with van der Waals surface area (Å²) < 4.78 is 0. The Labute approximate surface area is 186 Å². The first kappa shape index (κ1) is 17.5. The third-order valence-corrected chi connectivity index (χ3v) is 6.76. The monoisotopic (exact) mass is 404 g/mol. The maximum Gasteiger partial charge on any atom is -0.00987 e. The smallest absolute Gasteiger partial charge is 0.00987 e. The van der Waals surface area contributed by atoms with E-state index < -0.39 is 0 Å². The SMILES string of the molecule is c1ccc(-c2ccc3cc4c(ccc5c6cc7ccccc7cc6ccc45)cc3c2)cc1. The van der Waals surface area contributed by atoms with E-state index >= 15 is 0 Å². The van der Waals surface area contributed by atoms with Crippen LogP contribution in [0.5, 0.6) is 0 Å². The molecule has 148 valence electrons. The van der Waals surface area contributed by atoms with E-state index in [4.69, 9.17) is 0 Å². The zero-order valence-corrected chi connectivity index (χ0v) is 17.5. The van der Waals surface area contributed by atoms with Gasteiger partial charge in [-0.15, -0.1) is 0 Å². The summed E-state index contributed by atoms with van der Waals surface area (Å²) in [5.41, 5.74) is 2.52. The van der Waals surface area contributed by atoms with Gasteiger partial charge in [0.1, 0.15) is 0 Å². The van der Waals surface area contributed by atoms with Crippen molar-refractivity contribution in [1.82, 2.24) is 0 Å². The minimum absolute atomic E-state index is 1.26. The topological polar surface area (TPSA) is 0 Å². The molecule has 0 nitrogen and oxygen atoms in total. The minimum atomic E-state index is 1.26. The average molecular weight is 405 g/mol. The predicted octanol–water partition coefficient (Wildman–Crippen LogP) is 9.12. The highest BCUT2D eigenvalue weighted by Crippen LogP contribution is 2.36. The van der Waals surface area contributed by atoms with Crippen LogP contribution in [0.3, 0.4) is 0 Å². The fourth-order valence-corrected chi connectivity index (χ4v) is 5.12. The van der Waals surface area contributed by atoms with Gasteiger partial charge < -0.3 is 0 Å². The fraction of sp³-hybridized carbons (Fsp3) is 0. The Morgan fingerprint density at radius 1 is 0.250 bits per heavy atom. The van der Waals surface area contributed by atoms with Gasteiger partial charge in [-0.3, -0.25) is 0 Å². The third-order valence-electron chi connectivity index (χ3n) is 6.76. The molecule has 0 amide bonds. The molecule has 0 atom stereocenters. The maximum absolute atomic E-state index is 2.36. The van der Waals surface area contributed by atoms with Crippen molar-refractivity contribution in [2.24, 2.45) is 0 Å². The second-order valence-corrected chi connectivity index (χ2v) is 8.65. The molecule has 7 aromatic rings. The van der Waals surface area contributed by atoms with Gasteiger partial charge in [0, 0.05) is 0 Å². The largest absolute Gasteiger partial charge is 0.0622 e. The summed E-state index contributed by atoms with van der Waals surface area (Å²) in [5.74, 6) is 0. The summed E-state index contributed by atoms with van der Waals surface area (Å²) in [6, 6.07) is 44.5. The lowest BCUT2D eigenvalue weighted by atomic mass is 9.93. The van der Waals surface area contributed by atoms with Crippen LogP contribution in [0, 0.1) is 0 Å². The van der Waals surface area contributed by atoms with Crippen molar-refractivity contribution in [2.75, 3.05) is 0 Å². The van der Waals surface area contributed by atoms with Gasteiger partial charge in [-0.05, 0) is 95.3 Å². The van der Waals surface area contributed by atoms with Gasteiger partial charge in [-0.2, -0.15) is 0 Å². The summed E-state index contributed by atoms with van der Waals surface area (Å²) in [7, 11) is 0. The molecule has 0 aliphatic heterocycles. The molecule has 0 spiro atoms. The lowest BCUT2D eigenvalue weighted by Crippen LogP contribution is -1.84. The summed E-state index contributed by atoms with van der Waals surface area (Å²) in [6.07, 6.45) is 0. The van der Waals surface area contributed by atoms with Crippen molar-refractivity contribution in [1.29, 1.82) is 0 Å². The molecule has 0 fully saturated rings. The van der Waals surface area contributed by atoms with E-state index in [0.29, 0.717) is 0 Å². The average Bonchev–Trinajstić information content (AvgIpc) is 2.86. The van der Waals surface area contributed by atoms with E-state index in [1.54, 1.807) is 0 Å². The normalized spacial score (nSPS) is 11.8. The molecule has 0 aliphatic rings. The molecule has 0 aliphatic carbocycles. The second kappa shape index (κ2) is 6.67. The van der Waals surface area contributed by atoms with Crippen LogP contribution < -0.4 is 0 Å².